The monoisotopic (exact) mass is 221 g/mol. The number of aryl methyl sites for hydroxylation is 1. The fourth-order valence-electron chi connectivity index (χ4n) is 2.14. The predicted octanol–water partition coefficient (Wildman–Crippen LogP) is 1.01. The van der Waals surface area contributed by atoms with Gasteiger partial charge >= 0.3 is 0 Å². The Labute approximate surface area is 95.5 Å². The second-order valence-electron chi connectivity index (χ2n) is 4.61. The maximum Gasteiger partial charge on any atom is 0.253 e. The molecule has 1 atom stereocenters. The smallest absolute Gasteiger partial charge is 0.253 e. The lowest BCUT2D eigenvalue weighted by Crippen LogP contribution is -2.24. The van der Waals surface area contributed by atoms with Gasteiger partial charge in [0, 0.05) is 18.2 Å². The van der Waals surface area contributed by atoms with Crippen molar-refractivity contribution >= 4 is 0 Å². The van der Waals surface area contributed by atoms with Crippen molar-refractivity contribution < 1.29 is 0 Å². The number of aromatic nitrogens is 2. The molecular weight excluding hydrogens is 202 g/mol. The van der Waals surface area contributed by atoms with E-state index in [1.165, 1.54) is 19.3 Å². The van der Waals surface area contributed by atoms with Crippen LogP contribution in [0.1, 0.15) is 30.7 Å². The quantitative estimate of drug-likeness (QED) is 0.783. The summed E-state index contributed by atoms with van der Waals surface area (Å²) < 4.78 is 0. The van der Waals surface area contributed by atoms with E-state index < -0.39 is 0 Å². The van der Waals surface area contributed by atoms with Crippen molar-refractivity contribution in [2.45, 2.75) is 32.6 Å². The number of aromatic amines is 1. The Bertz CT molecular complexity index is 391. The highest BCUT2D eigenvalue weighted by Crippen LogP contribution is 2.14. The lowest BCUT2D eigenvalue weighted by Gasteiger charge is -2.13. The number of nitrogens with one attached hydrogen (secondary N) is 2. The van der Waals surface area contributed by atoms with E-state index in [9.17, 15) is 4.79 Å². The molecule has 2 rings (SSSR count). The molecule has 4 heteroatoms. The van der Waals surface area contributed by atoms with Crippen LogP contribution in [0.25, 0.3) is 0 Å². The van der Waals surface area contributed by atoms with Crippen molar-refractivity contribution in [1.29, 1.82) is 0 Å². The Morgan fingerprint density at radius 3 is 3.19 bits per heavy atom. The minimum Gasteiger partial charge on any atom is -0.316 e. The van der Waals surface area contributed by atoms with Crippen molar-refractivity contribution in [3.8, 4) is 0 Å². The molecule has 0 spiro atoms. The standard InChI is InChI=1S/C12H19N3O/c1-9-7-14-11(15-12(9)16)6-10-4-2-3-5-13-8-10/h7,10,13H,2-6,8H2,1H3,(H,14,15,16). The van der Waals surface area contributed by atoms with Gasteiger partial charge in [-0.2, -0.15) is 0 Å². The molecule has 88 valence electrons. The molecule has 0 radical (unpaired) electrons. The van der Waals surface area contributed by atoms with Crippen molar-refractivity contribution in [2.75, 3.05) is 13.1 Å². The van der Waals surface area contributed by atoms with E-state index in [1.807, 2.05) is 0 Å². The Morgan fingerprint density at radius 1 is 1.50 bits per heavy atom. The van der Waals surface area contributed by atoms with Gasteiger partial charge < -0.3 is 10.3 Å². The van der Waals surface area contributed by atoms with E-state index in [4.69, 9.17) is 0 Å². The molecular formula is C12H19N3O. The summed E-state index contributed by atoms with van der Waals surface area (Å²) in [6.07, 6.45) is 6.30. The van der Waals surface area contributed by atoms with Crippen LogP contribution in [0.5, 0.6) is 0 Å². The molecule has 2 N–H and O–H groups in total. The fraction of sp³-hybridized carbons (Fsp3) is 0.667. The average Bonchev–Trinajstić information content (AvgIpc) is 2.52. The third-order valence-electron chi connectivity index (χ3n) is 3.16. The number of hydrogen-bond acceptors (Lipinski definition) is 3. The topological polar surface area (TPSA) is 57.8 Å². The summed E-state index contributed by atoms with van der Waals surface area (Å²) in [5, 5.41) is 3.42. The van der Waals surface area contributed by atoms with Crippen LogP contribution in [0, 0.1) is 12.8 Å². The zero-order valence-electron chi connectivity index (χ0n) is 9.75. The third kappa shape index (κ3) is 2.92. The van der Waals surface area contributed by atoms with Crippen molar-refractivity contribution in [3.05, 3.63) is 27.9 Å². The highest BCUT2D eigenvalue weighted by Gasteiger charge is 2.13. The molecule has 1 aromatic rings. The lowest BCUT2D eigenvalue weighted by atomic mass is 9.99. The Kier molecular flexibility index (Phi) is 3.72. The highest BCUT2D eigenvalue weighted by atomic mass is 16.1. The maximum absolute atomic E-state index is 11.4. The molecule has 0 amide bonds. The largest absolute Gasteiger partial charge is 0.316 e. The average molecular weight is 221 g/mol. The number of hydrogen-bond donors (Lipinski definition) is 2. The zero-order valence-corrected chi connectivity index (χ0v) is 9.75. The van der Waals surface area contributed by atoms with E-state index in [-0.39, 0.29) is 5.56 Å². The minimum atomic E-state index is -0.00780. The van der Waals surface area contributed by atoms with Crippen LogP contribution in [-0.4, -0.2) is 23.1 Å². The van der Waals surface area contributed by atoms with E-state index in [0.29, 0.717) is 11.5 Å². The Morgan fingerprint density at radius 2 is 2.38 bits per heavy atom. The molecule has 1 aromatic heterocycles. The molecule has 0 bridgehead atoms. The molecule has 16 heavy (non-hydrogen) atoms. The van der Waals surface area contributed by atoms with Crippen LogP contribution in [0.4, 0.5) is 0 Å². The highest BCUT2D eigenvalue weighted by molar-refractivity contribution is 5.03. The Hall–Kier alpha value is -1.16. The van der Waals surface area contributed by atoms with Gasteiger partial charge in [-0.05, 0) is 38.8 Å². The molecule has 1 aliphatic heterocycles. The normalized spacial score (nSPS) is 21.7. The first kappa shape index (κ1) is 11.3. The van der Waals surface area contributed by atoms with Gasteiger partial charge in [-0.25, -0.2) is 4.98 Å². The number of H-pyrrole nitrogens is 1. The van der Waals surface area contributed by atoms with Gasteiger partial charge in [0.2, 0.25) is 0 Å². The second kappa shape index (κ2) is 5.25. The van der Waals surface area contributed by atoms with Crippen LogP contribution < -0.4 is 10.9 Å². The molecule has 4 nitrogen and oxygen atoms in total. The van der Waals surface area contributed by atoms with Crippen LogP contribution in [0.15, 0.2) is 11.0 Å². The van der Waals surface area contributed by atoms with Crippen molar-refractivity contribution in [3.63, 3.8) is 0 Å². The van der Waals surface area contributed by atoms with Gasteiger partial charge in [0.05, 0.1) is 0 Å². The van der Waals surface area contributed by atoms with E-state index in [0.717, 1.165) is 25.3 Å². The van der Waals surface area contributed by atoms with E-state index in [2.05, 4.69) is 15.3 Å². The molecule has 2 heterocycles. The van der Waals surface area contributed by atoms with Crippen molar-refractivity contribution in [1.82, 2.24) is 15.3 Å². The van der Waals surface area contributed by atoms with Gasteiger partial charge in [-0.3, -0.25) is 4.79 Å². The van der Waals surface area contributed by atoms with Crippen LogP contribution in [-0.2, 0) is 6.42 Å². The van der Waals surface area contributed by atoms with Crippen LogP contribution in [0.2, 0.25) is 0 Å². The summed E-state index contributed by atoms with van der Waals surface area (Å²) in [6, 6.07) is 0. The van der Waals surface area contributed by atoms with E-state index in [1.54, 1.807) is 13.1 Å². The Balaban J connectivity index is 2.02. The van der Waals surface area contributed by atoms with Gasteiger partial charge in [-0.15, -0.1) is 0 Å². The van der Waals surface area contributed by atoms with Gasteiger partial charge in [0.25, 0.3) is 5.56 Å². The summed E-state index contributed by atoms with van der Waals surface area (Å²) in [7, 11) is 0. The van der Waals surface area contributed by atoms with E-state index >= 15 is 0 Å². The zero-order chi connectivity index (χ0) is 11.4. The first-order chi connectivity index (χ1) is 7.75. The number of rotatable bonds is 2. The summed E-state index contributed by atoms with van der Waals surface area (Å²) in [5.74, 6) is 1.43. The summed E-state index contributed by atoms with van der Waals surface area (Å²) in [4.78, 5) is 18.6. The first-order valence-corrected chi connectivity index (χ1v) is 6.01. The summed E-state index contributed by atoms with van der Waals surface area (Å²) in [6.45, 7) is 3.94. The predicted molar refractivity (Wildman–Crippen MR) is 63.5 cm³/mol. The van der Waals surface area contributed by atoms with Gasteiger partial charge in [0.15, 0.2) is 0 Å². The molecule has 0 aliphatic carbocycles. The van der Waals surface area contributed by atoms with Crippen molar-refractivity contribution in [2.24, 2.45) is 5.92 Å². The van der Waals surface area contributed by atoms with Gasteiger partial charge in [0.1, 0.15) is 5.82 Å². The fourth-order valence-corrected chi connectivity index (χ4v) is 2.14. The minimum absolute atomic E-state index is 0.00780. The molecule has 1 aliphatic rings. The van der Waals surface area contributed by atoms with Crippen LogP contribution in [0.3, 0.4) is 0 Å². The SMILES string of the molecule is Cc1cnc(CC2CCCCNC2)[nH]c1=O. The van der Waals surface area contributed by atoms with Gasteiger partial charge in [-0.1, -0.05) is 6.42 Å². The molecule has 1 saturated heterocycles. The number of nitrogens with zero attached hydrogens (tertiary/aromatic N) is 1. The summed E-state index contributed by atoms with van der Waals surface area (Å²) >= 11 is 0. The molecule has 1 unspecified atom stereocenters. The van der Waals surface area contributed by atoms with Crippen LogP contribution >= 0.6 is 0 Å². The maximum atomic E-state index is 11.4. The first-order valence-electron chi connectivity index (χ1n) is 6.01. The lowest BCUT2D eigenvalue weighted by molar-refractivity contribution is 0.466. The third-order valence-corrected chi connectivity index (χ3v) is 3.16. The molecule has 0 aromatic carbocycles. The molecule has 1 fully saturated rings. The summed E-state index contributed by atoms with van der Waals surface area (Å²) in [5.41, 5.74) is 0.675. The molecule has 0 saturated carbocycles. The second-order valence-corrected chi connectivity index (χ2v) is 4.61.